The molecule has 2 aromatic carbocycles. The van der Waals surface area contributed by atoms with E-state index in [9.17, 15) is 31.5 Å². The van der Waals surface area contributed by atoms with E-state index in [-0.39, 0.29) is 44.9 Å². The van der Waals surface area contributed by atoms with Gasteiger partial charge in [0.2, 0.25) is 11.7 Å². The summed E-state index contributed by atoms with van der Waals surface area (Å²) in [6.45, 7) is 1.67. The number of para-hydroxylation sites is 1. The van der Waals surface area contributed by atoms with Crippen LogP contribution in [0.15, 0.2) is 30.3 Å². The van der Waals surface area contributed by atoms with Crippen LogP contribution in [0, 0.1) is 29.1 Å². The van der Waals surface area contributed by atoms with Crippen LogP contribution >= 0.6 is 0 Å². The van der Waals surface area contributed by atoms with Crippen molar-refractivity contribution in [2.24, 2.45) is 0 Å². The van der Waals surface area contributed by atoms with Gasteiger partial charge < -0.3 is 14.5 Å². The third kappa shape index (κ3) is 4.44. The predicted molar refractivity (Wildman–Crippen MR) is 110 cm³/mol. The van der Waals surface area contributed by atoms with Crippen molar-refractivity contribution in [3.05, 3.63) is 65.0 Å². The van der Waals surface area contributed by atoms with Gasteiger partial charge in [0.1, 0.15) is 5.56 Å². The Hall–Kier alpha value is -3.01. The Morgan fingerprint density at radius 2 is 1.45 bits per heavy atom. The molecule has 0 N–H and O–H groups in total. The van der Waals surface area contributed by atoms with Crippen molar-refractivity contribution in [1.82, 2.24) is 4.90 Å². The fourth-order valence-electron chi connectivity index (χ4n) is 4.20. The van der Waals surface area contributed by atoms with Crippen LogP contribution < -0.4 is 4.90 Å². The number of carbonyl (C=O) groups is 2. The Balaban J connectivity index is 1.92. The van der Waals surface area contributed by atoms with Gasteiger partial charge >= 0.3 is 0 Å². The Morgan fingerprint density at radius 1 is 0.939 bits per heavy atom. The van der Waals surface area contributed by atoms with Crippen LogP contribution in [0.1, 0.15) is 36.5 Å². The van der Waals surface area contributed by atoms with Gasteiger partial charge in [-0.05, 0) is 25.0 Å². The van der Waals surface area contributed by atoms with E-state index in [1.807, 2.05) is 0 Å². The van der Waals surface area contributed by atoms with Gasteiger partial charge in [0.25, 0.3) is 5.91 Å². The molecule has 2 aromatic rings. The van der Waals surface area contributed by atoms with Crippen molar-refractivity contribution >= 4 is 17.5 Å². The summed E-state index contributed by atoms with van der Waals surface area (Å²) in [5.74, 6) is -12.5. The zero-order chi connectivity index (χ0) is 24.3. The fraction of sp³-hybridized carbons (Fsp3) is 0.391. The maximum atomic E-state index is 14.1. The van der Waals surface area contributed by atoms with Gasteiger partial charge in [-0.15, -0.1) is 0 Å². The summed E-state index contributed by atoms with van der Waals surface area (Å²) in [5.41, 5.74) is -1.73. The number of nitrogens with zero attached hydrogens (tertiary/aromatic N) is 2. The zero-order valence-electron chi connectivity index (χ0n) is 18.1. The lowest BCUT2D eigenvalue weighted by atomic mass is 9.85. The highest BCUT2D eigenvalue weighted by Crippen LogP contribution is 2.35. The van der Waals surface area contributed by atoms with Gasteiger partial charge in [0, 0.05) is 32.3 Å². The van der Waals surface area contributed by atoms with E-state index < -0.39 is 46.1 Å². The molecule has 1 fully saturated rings. The van der Waals surface area contributed by atoms with E-state index >= 15 is 0 Å². The molecule has 0 bridgehead atoms. The molecule has 0 aliphatic carbocycles. The number of carbonyl (C=O) groups excluding carboxylic acids is 2. The highest BCUT2D eigenvalue weighted by atomic mass is 19.2. The molecule has 0 saturated carbocycles. The molecular formula is C23H23F5N2O3. The molecule has 0 unspecified atom stereocenters. The molecule has 0 aromatic heterocycles. The monoisotopic (exact) mass is 470 g/mol. The van der Waals surface area contributed by atoms with Crippen molar-refractivity contribution in [3.63, 3.8) is 0 Å². The molecule has 5 nitrogen and oxygen atoms in total. The van der Waals surface area contributed by atoms with Gasteiger partial charge in [-0.1, -0.05) is 25.1 Å². The van der Waals surface area contributed by atoms with Crippen LogP contribution in [-0.4, -0.2) is 49.1 Å². The minimum absolute atomic E-state index is 0.0813. The van der Waals surface area contributed by atoms with Gasteiger partial charge in [0.05, 0.1) is 12.1 Å². The average molecular weight is 470 g/mol. The van der Waals surface area contributed by atoms with E-state index in [0.717, 1.165) is 4.90 Å². The van der Waals surface area contributed by atoms with Crippen LogP contribution in [0.5, 0.6) is 0 Å². The van der Waals surface area contributed by atoms with E-state index in [1.165, 1.54) is 7.11 Å². The van der Waals surface area contributed by atoms with Crippen LogP contribution in [0.4, 0.5) is 27.6 Å². The van der Waals surface area contributed by atoms with Crippen molar-refractivity contribution in [1.29, 1.82) is 0 Å². The molecule has 3 rings (SSSR count). The molecule has 1 saturated heterocycles. The van der Waals surface area contributed by atoms with E-state index in [1.54, 1.807) is 42.2 Å². The number of anilines is 1. The molecule has 0 spiro atoms. The van der Waals surface area contributed by atoms with Crippen LogP contribution in [-0.2, 0) is 9.53 Å². The molecule has 0 atom stereocenters. The second kappa shape index (κ2) is 9.86. The molecule has 1 heterocycles. The third-order valence-corrected chi connectivity index (χ3v) is 5.86. The number of ether oxygens (including phenoxy) is 1. The molecule has 2 amide bonds. The predicted octanol–water partition coefficient (Wildman–Crippen LogP) is 4.45. The number of hydrogen-bond donors (Lipinski definition) is 0. The summed E-state index contributed by atoms with van der Waals surface area (Å²) < 4.78 is 74.2. The SMILES string of the molecule is CCC(=O)N(c1ccccc1)C1(COC)CCN(C(=O)c2c(F)c(F)c(F)c(F)c2F)CC1. The molecular weight excluding hydrogens is 447 g/mol. The number of benzene rings is 2. The minimum atomic E-state index is -2.32. The second-order valence-electron chi connectivity index (χ2n) is 7.81. The highest BCUT2D eigenvalue weighted by molar-refractivity contribution is 5.96. The molecule has 178 valence electrons. The summed E-state index contributed by atoms with van der Waals surface area (Å²) in [6.07, 6.45) is 0.540. The third-order valence-electron chi connectivity index (χ3n) is 5.86. The van der Waals surface area contributed by atoms with Crippen molar-refractivity contribution in [2.75, 3.05) is 31.7 Å². The molecule has 1 aliphatic heterocycles. The number of amides is 2. The zero-order valence-corrected chi connectivity index (χ0v) is 18.1. The Bertz CT molecular complexity index is 1010. The van der Waals surface area contributed by atoms with E-state index in [2.05, 4.69) is 0 Å². The van der Waals surface area contributed by atoms with Crippen LogP contribution in [0.2, 0.25) is 0 Å². The lowest BCUT2D eigenvalue weighted by Gasteiger charge is -2.48. The number of methoxy groups -OCH3 is 1. The first-order chi connectivity index (χ1) is 15.7. The smallest absolute Gasteiger partial charge is 0.260 e. The van der Waals surface area contributed by atoms with Gasteiger partial charge in [-0.2, -0.15) is 0 Å². The quantitative estimate of drug-likeness (QED) is 0.356. The minimum Gasteiger partial charge on any atom is -0.382 e. The highest BCUT2D eigenvalue weighted by Gasteiger charge is 2.44. The van der Waals surface area contributed by atoms with E-state index in [0.29, 0.717) is 5.69 Å². The van der Waals surface area contributed by atoms with E-state index in [4.69, 9.17) is 4.74 Å². The van der Waals surface area contributed by atoms with Crippen molar-refractivity contribution in [2.45, 2.75) is 31.7 Å². The standard InChI is InChI=1S/C23H23F5N2O3/c1-3-15(31)30(14-7-5-4-6-8-14)23(13-33-2)9-11-29(12-10-23)22(32)16-17(24)19(26)21(28)20(27)18(16)25/h4-8H,3,9-13H2,1-2H3. The number of rotatable bonds is 6. The Kier molecular flexibility index (Phi) is 7.36. The van der Waals surface area contributed by atoms with Crippen molar-refractivity contribution in [3.8, 4) is 0 Å². The molecule has 10 heteroatoms. The lowest BCUT2D eigenvalue weighted by molar-refractivity contribution is -0.120. The first-order valence-corrected chi connectivity index (χ1v) is 10.4. The number of hydrogen-bond acceptors (Lipinski definition) is 3. The molecule has 1 aliphatic rings. The maximum Gasteiger partial charge on any atom is 0.260 e. The topological polar surface area (TPSA) is 49.9 Å². The Morgan fingerprint density at radius 3 is 1.94 bits per heavy atom. The summed E-state index contributed by atoms with van der Waals surface area (Å²) in [4.78, 5) is 28.3. The maximum absolute atomic E-state index is 14.1. The van der Waals surface area contributed by atoms with Gasteiger partial charge in [0.15, 0.2) is 23.3 Å². The number of likely N-dealkylation sites (tertiary alicyclic amines) is 1. The summed E-state index contributed by atoms with van der Waals surface area (Å²) in [7, 11) is 1.47. The fourth-order valence-corrected chi connectivity index (χ4v) is 4.20. The van der Waals surface area contributed by atoms with Gasteiger partial charge in [-0.25, -0.2) is 22.0 Å². The molecule has 33 heavy (non-hydrogen) atoms. The number of piperidine rings is 1. The molecule has 0 radical (unpaired) electrons. The summed E-state index contributed by atoms with van der Waals surface area (Å²) in [5, 5.41) is 0. The Labute approximate surface area is 187 Å². The normalized spacial score (nSPS) is 15.4. The van der Waals surface area contributed by atoms with Crippen LogP contribution in [0.25, 0.3) is 0 Å². The first-order valence-electron chi connectivity index (χ1n) is 10.4. The average Bonchev–Trinajstić information content (AvgIpc) is 2.83. The first kappa shape index (κ1) is 24.6. The summed E-state index contributed by atoms with van der Waals surface area (Å²) in [6, 6.07) is 8.86. The lowest BCUT2D eigenvalue weighted by Crippen LogP contribution is -2.61. The van der Waals surface area contributed by atoms with Crippen LogP contribution in [0.3, 0.4) is 0 Å². The van der Waals surface area contributed by atoms with Gasteiger partial charge in [-0.3, -0.25) is 9.59 Å². The number of halogens is 5. The summed E-state index contributed by atoms with van der Waals surface area (Å²) >= 11 is 0. The van der Waals surface area contributed by atoms with Crippen molar-refractivity contribution < 1.29 is 36.3 Å². The largest absolute Gasteiger partial charge is 0.382 e. The second-order valence-corrected chi connectivity index (χ2v) is 7.81.